The lowest BCUT2D eigenvalue weighted by Gasteiger charge is -2.17. The van der Waals surface area contributed by atoms with Gasteiger partial charge in [-0.2, -0.15) is 0 Å². The maximum atomic E-state index is 11.7. The lowest BCUT2D eigenvalue weighted by molar-refractivity contribution is -0.148. The van der Waals surface area contributed by atoms with E-state index in [4.69, 9.17) is 26.2 Å². The Hall–Kier alpha value is -3.22. The zero-order chi connectivity index (χ0) is 19.7. The second-order valence-electron chi connectivity index (χ2n) is 4.87. The van der Waals surface area contributed by atoms with Gasteiger partial charge in [-0.1, -0.05) is 0 Å². The van der Waals surface area contributed by atoms with E-state index in [0.29, 0.717) is 0 Å². The molecule has 0 aliphatic rings. The minimum Gasteiger partial charge on any atom is -0.481 e. The summed E-state index contributed by atoms with van der Waals surface area (Å²) in [5.41, 5.74) is 5.11. The summed E-state index contributed by atoms with van der Waals surface area (Å²) >= 11 is 0. The zero-order valence-corrected chi connectivity index (χ0v) is 12.7. The number of aliphatic carboxylic acids is 4. The maximum Gasteiger partial charge on any atom is 0.326 e. The molecule has 3 atom stereocenters. The van der Waals surface area contributed by atoms with Gasteiger partial charge in [0.1, 0.15) is 18.1 Å². The second kappa shape index (κ2) is 9.82. The van der Waals surface area contributed by atoms with Crippen LogP contribution in [0.4, 0.5) is 0 Å². The molecule has 0 aromatic carbocycles. The van der Waals surface area contributed by atoms with Crippen molar-refractivity contribution in [2.24, 2.45) is 5.73 Å². The van der Waals surface area contributed by atoms with E-state index in [1.54, 1.807) is 0 Å². The molecule has 8 N–H and O–H groups in total. The van der Waals surface area contributed by atoms with E-state index in [1.807, 2.05) is 10.6 Å². The number of carbonyl (C=O) groups is 6. The molecule has 13 heteroatoms. The van der Waals surface area contributed by atoms with Crippen LogP contribution in [0.1, 0.15) is 19.3 Å². The zero-order valence-electron chi connectivity index (χ0n) is 12.7. The van der Waals surface area contributed by atoms with Crippen molar-refractivity contribution in [2.45, 2.75) is 37.4 Å². The third-order valence-electron chi connectivity index (χ3n) is 2.76. The lowest BCUT2D eigenvalue weighted by Crippen LogP contribution is -2.49. The van der Waals surface area contributed by atoms with Gasteiger partial charge in [0.25, 0.3) is 0 Å². The van der Waals surface area contributed by atoms with Crippen molar-refractivity contribution in [3.8, 4) is 0 Å². The van der Waals surface area contributed by atoms with Gasteiger partial charge in [0.2, 0.25) is 11.8 Å². The molecule has 0 spiro atoms. The Morgan fingerprint density at radius 3 is 1.44 bits per heavy atom. The van der Waals surface area contributed by atoms with Crippen molar-refractivity contribution in [2.75, 3.05) is 0 Å². The van der Waals surface area contributed by atoms with Gasteiger partial charge in [0, 0.05) is 0 Å². The Kier molecular flexibility index (Phi) is 8.55. The molecule has 0 aliphatic carbocycles. The normalized spacial score (nSPS) is 13.8. The van der Waals surface area contributed by atoms with E-state index in [1.165, 1.54) is 0 Å². The van der Waals surface area contributed by atoms with Crippen LogP contribution in [0.3, 0.4) is 0 Å². The van der Waals surface area contributed by atoms with Gasteiger partial charge in [-0.15, -0.1) is 0 Å². The van der Waals surface area contributed by atoms with Gasteiger partial charge in [0.15, 0.2) is 0 Å². The molecular weight excluding hydrogens is 346 g/mol. The lowest BCUT2D eigenvalue weighted by atomic mass is 10.1. The van der Waals surface area contributed by atoms with E-state index in [0.717, 1.165) is 0 Å². The number of hydrogen-bond donors (Lipinski definition) is 7. The number of nitrogens with one attached hydrogen (secondary N) is 2. The highest BCUT2D eigenvalue weighted by atomic mass is 16.4. The smallest absolute Gasteiger partial charge is 0.326 e. The van der Waals surface area contributed by atoms with Crippen molar-refractivity contribution in [1.29, 1.82) is 0 Å². The van der Waals surface area contributed by atoms with Crippen LogP contribution in [0.2, 0.25) is 0 Å². The second-order valence-corrected chi connectivity index (χ2v) is 4.87. The van der Waals surface area contributed by atoms with Crippen LogP contribution in [-0.2, 0) is 28.8 Å². The highest BCUT2D eigenvalue weighted by Crippen LogP contribution is 1.99. The predicted octanol–water partition coefficient (Wildman–Crippen LogP) is -3.21. The fraction of sp³-hybridized carbons (Fsp3) is 0.500. The molecule has 0 fully saturated rings. The summed E-state index contributed by atoms with van der Waals surface area (Å²) < 4.78 is 0. The van der Waals surface area contributed by atoms with Gasteiger partial charge >= 0.3 is 23.9 Å². The molecule has 0 saturated heterocycles. The highest BCUT2D eigenvalue weighted by molar-refractivity contribution is 5.92. The Balaban J connectivity index is 4.79. The number of amides is 2. The number of carboxylic acids is 4. The van der Waals surface area contributed by atoms with E-state index < -0.39 is 73.1 Å². The molecule has 0 aromatic rings. The Morgan fingerprint density at radius 1 is 0.680 bits per heavy atom. The van der Waals surface area contributed by atoms with E-state index in [9.17, 15) is 28.8 Å². The van der Waals surface area contributed by atoms with Crippen LogP contribution in [0.5, 0.6) is 0 Å². The van der Waals surface area contributed by atoms with Crippen LogP contribution < -0.4 is 16.4 Å². The standard InChI is InChI=1S/C12H17N3O10/c13-4(10(20)21)1-7(16)14-5(11(22)23)2-8(17)15-6(12(24)25)3-9(18)19/h4-6H,1-3,13H2,(H,14,16)(H,15,17)(H,18,19)(H,20,21)(H,22,23)(H,24,25). The van der Waals surface area contributed by atoms with Crippen LogP contribution in [0.25, 0.3) is 0 Å². The molecule has 0 aromatic heterocycles. The average molecular weight is 363 g/mol. The quantitative estimate of drug-likeness (QED) is 0.193. The molecule has 13 nitrogen and oxygen atoms in total. The van der Waals surface area contributed by atoms with Crippen LogP contribution >= 0.6 is 0 Å². The molecule has 3 unspecified atom stereocenters. The number of carboxylic acid groups (broad SMARTS) is 4. The average Bonchev–Trinajstić information content (AvgIpc) is 2.44. The van der Waals surface area contributed by atoms with Crippen LogP contribution in [0.15, 0.2) is 0 Å². The molecular formula is C12H17N3O10. The maximum absolute atomic E-state index is 11.7. The topological polar surface area (TPSA) is 233 Å². The summed E-state index contributed by atoms with van der Waals surface area (Å²) in [6.45, 7) is 0. The predicted molar refractivity (Wildman–Crippen MR) is 76.2 cm³/mol. The summed E-state index contributed by atoms with van der Waals surface area (Å²) in [6.07, 6.45) is -2.57. The summed E-state index contributed by atoms with van der Waals surface area (Å²) in [6, 6.07) is -5.14. The first-order valence-electron chi connectivity index (χ1n) is 6.68. The Morgan fingerprint density at radius 2 is 1.08 bits per heavy atom. The van der Waals surface area contributed by atoms with Gasteiger partial charge in [-0.3, -0.25) is 19.2 Å². The van der Waals surface area contributed by atoms with E-state index in [-0.39, 0.29) is 0 Å². The van der Waals surface area contributed by atoms with Crippen LogP contribution in [-0.4, -0.2) is 74.2 Å². The van der Waals surface area contributed by atoms with Gasteiger partial charge in [0.05, 0.1) is 19.3 Å². The molecule has 140 valence electrons. The minimum atomic E-state index is -1.78. The van der Waals surface area contributed by atoms with Gasteiger partial charge in [-0.05, 0) is 0 Å². The molecule has 2 amide bonds. The molecule has 0 radical (unpaired) electrons. The van der Waals surface area contributed by atoms with Crippen molar-refractivity contribution in [3.05, 3.63) is 0 Å². The fourth-order valence-corrected chi connectivity index (χ4v) is 1.55. The van der Waals surface area contributed by atoms with E-state index in [2.05, 4.69) is 0 Å². The first-order chi connectivity index (χ1) is 11.4. The van der Waals surface area contributed by atoms with E-state index >= 15 is 0 Å². The SMILES string of the molecule is NC(CC(=O)NC(CC(=O)NC(CC(=O)O)C(=O)O)C(=O)O)C(=O)O. The third-order valence-corrected chi connectivity index (χ3v) is 2.76. The number of hydrogen-bond acceptors (Lipinski definition) is 7. The Labute approximate surface area is 139 Å². The molecule has 0 rings (SSSR count). The molecule has 25 heavy (non-hydrogen) atoms. The van der Waals surface area contributed by atoms with Crippen molar-refractivity contribution < 1.29 is 49.2 Å². The highest BCUT2D eigenvalue weighted by Gasteiger charge is 2.28. The number of nitrogens with two attached hydrogens (primary N) is 1. The van der Waals surface area contributed by atoms with Gasteiger partial charge < -0.3 is 36.8 Å². The molecule has 0 saturated carbocycles. The first kappa shape index (κ1) is 21.8. The summed E-state index contributed by atoms with van der Waals surface area (Å²) in [4.78, 5) is 66.0. The molecule has 0 bridgehead atoms. The molecule has 0 aliphatic heterocycles. The summed E-state index contributed by atoms with van der Waals surface area (Å²) in [5, 5.41) is 38.5. The van der Waals surface area contributed by atoms with Gasteiger partial charge in [-0.25, -0.2) is 9.59 Å². The number of carbonyl (C=O) groups excluding carboxylic acids is 2. The van der Waals surface area contributed by atoms with Crippen molar-refractivity contribution >= 4 is 35.7 Å². The monoisotopic (exact) mass is 363 g/mol. The molecule has 0 heterocycles. The fourth-order valence-electron chi connectivity index (χ4n) is 1.55. The summed E-state index contributed by atoms with van der Waals surface area (Å²) in [5.74, 6) is -8.45. The van der Waals surface area contributed by atoms with Crippen molar-refractivity contribution in [3.63, 3.8) is 0 Å². The largest absolute Gasteiger partial charge is 0.481 e. The Bertz CT molecular complexity index is 575. The minimum absolute atomic E-state index is 0.739. The van der Waals surface area contributed by atoms with Crippen molar-refractivity contribution in [1.82, 2.24) is 10.6 Å². The number of rotatable bonds is 11. The van der Waals surface area contributed by atoms with Crippen LogP contribution in [0, 0.1) is 0 Å². The summed E-state index contributed by atoms with van der Waals surface area (Å²) in [7, 11) is 0. The first-order valence-corrected chi connectivity index (χ1v) is 6.68. The third kappa shape index (κ3) is 8.85.